The molecule has 1 aromatic carbocycles. The number of allylic oxidation sites excluding steroid dienone is 4. The fourth-order valence-corrected chi connectivity index (χ4v) is 1.75. The lowest BCUT2D eigenvalue weighted by Gasteiger charge is -2.07. The Balaban J connectivity index is 2.20. The molecule has 0 aromatic heterocycles. The van der Waals surface area contributed by atoms with Crippen LogP contribution in [0.3, 0.4) is 0 Å². The van der Waals surface area contributed by atoms with Crippen LogP contribution in [0.4, 0.5) is 0 Å². The van der Waals surface area contributed by atoms with Crippen LogP contribution < -0.4 is 0 Å². The number of benzene rings is 1. The maximum absolute atomic E-state index is 11.5. The molecule has 3 heteroatoms. The van der Waals surface area contributed by atoms with Crippen LogP contribution in [0.2, 0.25) is 0 Å². The molecule has 0 fully saturated rings. The van der Waals surface area contributed by atoms with Gasteiger partial charge in [-0.15, -0.1) is 0 Å². The minimum Gasteiger partial charge on any atom is -0.392 e. The van der Waals surface area contributed by atoms with Gasteiger partial charge in [-0.05, 0) is 29.4 Å². The third kappa shape index (κ3) is 2.77. The Bertz CT molecular complexity index is 524. The van der Waals surface area contributed by atoms with Crippen molar-refractivity contribution in [1.29, 1.82) is 0 Å². The van der Waals surface area contributed by atoms with Crippen molar-refractivity contribution in [2.75, 3.05) is 0 Å². The minimum absolute atomic E-state index is 0.0281. The first-order valence-electron chi connectivity index (χ1n) is 5.34. The van der Waals surface area contributed by atoms with E-state index in [4.69, 9.17) is 5.11 Å². The molecule has 0 saturated carbocycles. The fourth-order valence-electron chi connectivity index (χ4n) is 1.75. The van der Waals surface area contributed by atoms with Crippen LogP contribution in [0.5, 0.6) is 0 Å². The van der Waals surface area contributed by atoms with Gasteiger partial charge in [0.2, 0.25) is 0 Å². The average Bonchev–Trinajstić information content (AvgIpc) is 2.34. The summed E-state index contributed by atoms with van der Waals surface area (Å²) in [5.41, 5.74) is 2.21. The Labute approximate surface area is 99.1 Å². The molecule has 0 spiro atoms. The lowest BCUT2D eigenvalue weighted by Crippen LogP contribution is -2.09. The van der Waals surface area contributed by atoms with Gasteiger partial charge in [0.15, 0.2) is 11.6 Å². The highest BCUT2D eigenvalue weighted by Gasteiger charge is 2.13. The van der Waals surface area contributed by atoms with Crippen LogP contribution in [0.25, 0.3) is 0 Å². The molecule has 1 aliphatic rings. The zero-order valence-corrected chi connectivity index (χ0v) is 9.22. The largest absolute Gasteiger partial charge is 0.392 e. The average molecular weight is 228 g/mol. The maximum Gasteiger partial charge on any atom is 0.182 e. The predicted octanol–water partition coefficient (Wildman–Crippen LogP) is 1.36. The van der Waals surface area contributed by atoms with Gasteiger partial charge in [0.1, 0.15) is 0 Å². The van der Waals surface area contributed by atoms with Crippen molar-refractivity contribution in [3.05, 3.63) is 59.2 Å². The van der Waals surface area contributed by atoms with Gasteiger partial charge in [0.25, 0.3) is 0 Å². The number of aliphatic hydroxyl groups excluding tert-OH is 1. The van der Waals surface area contributed by atoms with Gasteiger partial charge >= 0.3 is 0 Å². The third-order valence-electron chi connectivity index (χ3n) is 2.60. The molecule has 1 aliphatic carbocycles. The van der Waals surface area contributed by atoms with Crippen LogP contribution in [0.15, 0.2) is 48.1 Å². The first-order valence-corrected chi connectivity index (χ1v) is 5.34. The third-order valence-corrected chi connectivity index (χ3v) is 2.60. The second-order valence-electron chi connectivity index (χ2n) is 3.92. The Morgan fingerprint density at radius 2 is 1.82 bits per heavy atom. The molecular formula is C14H12O3. The quantitative estimate of drug-likeness (QED) is 0.795. The Morgan fingerprint density at radius 1 is 1.06 bits per heavy atom. The maximum atomic E-state index is 11.5. The van der Waals surface area contributed by atoms with E-state index in [1.807, 2.05) is 24.3 Å². The molecule has 3 nitrogen and oxygen atoms in total. The van der Waals surface area contributed by atoms with E-state index in [1.165, 1.54) is 18.2 Å². The molecule has 0 amide bonds. The van der Waals surface area contributed by atoms with Crippen molar-refractivity contribution in [2.24, 2.45) is 0 Å². The van der Waals surface area contributed by atoms with Gasteiger partial charge in [-0.3, -0.25) is 9.59 Å². The van der Waals surface area contributed by atoms with E-state index < -0.39 is 0 Å². The zero-order valence-electron chi connectivity index (χ0n) is 9.22. The van der Waals surface area contributed by atoms with Crippen LogP contribution in [-0.2, 0) is 22.6 Å². The van der Waals surface area contributed by atoms with Gasteiger partial charge < -0.3 is 5.11 Å². The molecule has 0 radical (unpaired) electrons. The number of ketones is 2. The summed E-state index contributed by atoms with van der Waals surface area (Å²) in [6.07, 6.45) is 4.36. The van der Waals surface area contributed by atoms with Gasteiger partial charge in [-0.2, -0.15) is 0 Å². The van der Waals surface area contributed by atoms with E-state index in [2.05, 4.69) is 0 Å². The number of hydrogen-bond acceptors (Lipinski definition) is 3. The Hall–Kier alpha value is -2.00. The van der Waals surface area contributed by atoms with Crippen LogP contribution >= 0.6 is 0 Å². The topological polar surface area (TPSA) is 54.4 Å². The van der Waals surface area contributed by atoms with Crippen molar-refractivity contribution in [1.82, 2.24) is 0 Å². The van der Waals surface area contributed by atoms with E-state index in [1.54, 1.807) is 0 Å². The van der Waals surface area contributed by atoms with Crippen molar-refractivity contribution in [2.45, 2.75) is 13.0 Å². The molecule has 17 heavy (non-hydrogen) atoms. The van der Waals surface area contributed by atoms with E-state index >= 15 is 0 Å². The summed E-state index contributed by atoms with van der Waals surface area (Å²) in [7, 11) is 0. The minimum atomic E-state index is -0.155. The number of carbonyl (C=O) groups excluding carboxylic acids is 2. The fraction of sp³-hybridized carbons (Fsp3) is 0.143. The summed E-state index contributed by atoms with van der Waals surface area (Å²) in [6.45, 7) is -0.0281. The molecule has 86 valence electrons. The van der Waals surface area contributed by atoms with Crippen molar-refractivity contribution in [3.8, 4) is 0 Å². The highest BCUT2D eigenvalue weighted by Crippen LogP contribution is 2.14. The molecule has 2 rings (SSSR count). The number of aliphatic hydroxyl groups is 1. The normalized spacial score (nSPS) is 15.0. The van der Waals surface area contributed by atoms with Crippen molar-refractivity contribution in [3.63, 3.8) is 0 Å². The summed E-state index contributed by atoms with van der Waals surface area (Å²) in [5, 5.41) is 9.02. The highest BCUT2D eigenvalue weighted by molar-refractivity contribution is 6.17. The van der Waals surface area contributed by atoms with Crippen molar-refractivity contribution >= 4 is 11.6 Å². The molecule has 1 N–H and O–H groups in total. The number of carbonyl (C=O) groups is 2. The SMILES string of the molecule is O=C1C=CC(=O)C(Cc2cccc(CO)c2)=C1. The second-order valence-corrected chi connectivity index (χ2v) is 3.92. The van der Waals surface area contributed by atoms with Gasteiger partial charge in [0, 0.05) is 12.0 Å². The van der Waals surface area contributed by atoms with Crippen LogP contribution in [0.1, 0.15) is 11.1 Å². The van der Waals surface area contributed by atoms with Crippen molar-refractivity contribution < 1.29 is 14.7 Å². The van der Waals surface area contributed by atoms with E-state index in [0.29, 0.717) is 12.0 Å². The molecular weight excluding hydrogens is 216 g/mol. The monoisotopic (exact) mass is 228 g/mol. The summed E-state index contributed by atoms with van der Waals surface area (Å²) < 4.78 is 0. The Kier molecular flexibility index (Phi) is 3.30. The van der Waals surface area contributed by atoms with Gasteiger partial charge in [-0.25, -0.2) is 0 Å². The molecule has 0 saturated heterocycles. The van der Waals surface area contributed by atoms with Gasteiger partial charge in [-0.1, -0.05) is 24.3 Å². The smallest absolute Gasteiger partial charge is 0.182 e. The Morgan fingerprint density at radius 3 is 2.59 bits per heavy atom. The van der Waals surface area contributed by atoms with Crippen LogP contribution in [0, 0.1) is 0 Å². The first kappa shape index (κ1) is 11.5. The molecule has 1 aromatic rings. The number of hydrogen-bond donors (Lipinski definition) is 1. The summed E-state index contributed by atoms with van der Waals surface area (Å²) in [5.74, 6) is -0.281. The van der Waals surface area contributed by atoms with Gasteiger partial charge in [0.05, 0.1) is 6.61 Å². The standard InChI is InChI=1S/C14H12O3/c15-9-11-3-1-2-10(6-11)7-12-8-13(16)4-5-14(12)17/h1-6,8,15H,7,9H2. The summed E-state index contributed by atoms with van der Waals surface area (Å²) in [4.78, 5) is 22.7. The van der Waals surface area contributed by atoms with Crippen LogP contribution in [-0.4, -0.2) is 16.7 Å². The highest BCUT2D eigenvalue weighted by atomic mass is 16.3. The summed E-state index contributed by atoms with van der Waals surface area (Å²) in [6, 6.07) is 7.34. The van der Waals surface area contributed by atoms with E-state index in [-0.39, 0.29) is 18.2 Å². The lowest BCUT2D eigenvalue weighted by molar-refractivity contribution is -0.114. The molecule has 0 bridgehead atoms. The van der Waals surface area contributed by atoms with E-state index in [0.717, 1.165) is 11.1 Å². The summed E-state index contributed by atoms with van der Waals surface area (Å²) >= 11 is 0. The lowest BCUT2D eigenvalue weighted by atomic mass is 9.96. The first-order chi connectivity index (χ1) is 8.19. The van der Waals surface area contributed by atoms with E-state index in [9.17, 15) is 9.59 Å². The molecule has 0 heterocycles. The number of rotatable bonds is 3. The molecule has 0 aliphatic heterocycles. The predicted molar refractivity (Wildman–Crippen MR) is 63.3 cm³/mol. The molecule has 0 unspecified atom stereocenters. The zero-order chi connectivity index (χ0) is 12.3. The molecule has 0 atom stereocenters. The second kappa shape index (κ2) is 4.89.